The second-order valence-electron chi connectivity index (χ2n) is 11.1. The molecule has 0 aliphatic carbocycles. The monoisotopic (exact) mass is 596 g/mol. The van der Waals surface area contributed by atoms with E-state index in [1.807, 2.05) is 42.8 Å². The highest BCUT2D eigenvalue weighted by Crippen LogP contribution is 2.43. The minimum Gasteiger partial charge on any atom is -0.384 e. The second kappa shape index (κ2) is 12.7. The average molecular weight is 597 g/mol. The third-order valence-corrected chi connectivity index (χ3v) is 8.56. The van der Waals surface area contributed by atoms with E-state index in [2.05, 4.69) is 27.4 Å². The number of pyridine rings is 1. The summed E-state index contributed by atoms with van der Waals surface area (Å²) < 4.78 is 41.3. The van der Waals surface area contributed by atoms with Gasteiger partial charge in [0.2, 0.25) is 0 Å². The van der Waals surface area contributed by atoms with Crippen molar-refractivity contribution in [1.29, 1.82) is 0 Å². The molecule has 4 heterocycles. The molecule has 3 aliphatic heterocycles. The van der Waals surface area contributed by atoms with Crippen LogP contribution in [0.1, 0.15) is 66.8 Å². The number of amides is 1. The van der Waals surface area contributed by atoms with Gasteiger partial charge < -0.3 is 25.4 Å². The number of nitrogens with zero attached hydrogens (tertiary/aromatic N) is 3. The fourth-order valence-electron chi connectivity index (χ4n) is 6.26. The Kier molecular flexibility index (Phi) is 9.00. The second-order valence-corrected chi connectivity index (χ2v) is 11.1. The Balaban J connectivity index is 0.00000180. The zero-order valence-electron chi connectivity index (χ0n) is 25.1. The van der Waals surface area contributed by atoms with Crippen molar-refractivity contribution in [3.05, 3.63) is 86.6 Å². The quantitative estimate of drug-likeness (QED) is 0.299. The van der Waals surface area contributed by atoms with E-state index < -0.39 is 23.6 Å². The third-order valence-electron chi connectivity index (χ3n) is 8.56. The largest absolute Gasteiger partial charge is 0.384 e. The molecule has 43 heavy (non-hydrogen) atoms. The van der Waals surface area contributed by atoms with E-state index in [4.69, 9.17) is 0 Å². The Morgan fingerprint density at radius 2 is 1.86 bits per heavy atom. The molecule has 230 valence electrons. The van der Waals surface area contributed by atoms with E-state index in [1.54, 1.807) is 6.07 Å². The van der Waals surface area contributed by atoms with Gasteiger partial charge >= 0.3 is 0 Å². The van der Waals surface area contributed by atoms with Crippen molar-refractivity contribution in [3.63, 3.8) is 0 Å². The Labute approximate surface area is 249 Å². The SMILES string of the molecule is CC.CC1CCCN1CCN1Cc2cc3c(cc2C1=O)N(C)C(c1c(NCCc2cc(F)cc(F)c2F)cc[nH]c1=O)N3. The number of aromatic amines is 1. The molecule has 3 aliphatic rings. The molecule has 2 aromatic carbocycles. The molecule has 3 aromatic rings. The highest BCUT2D eigenvalue weighted by Gasteiger charge is 2.36. The Bertz CT molecular complexity index is 1560. The fraction of sp³-hybridized carbons (Fsp3) is 0.438. The van der Waals surface area contributed by atoms with Crippen LogP contribution in [0, 0.1) is 17.5 Å². The first kappa shape index (κ1) is 30.5. The molecule has 0 radical (unpaired) electrons. The first-order valence-corrected chi connectivity index (χ1v) is 15.0. The predicted octanol–water partition coefficient (Wildman–Crippen LogP) is 5.47. The van der Waals surface area contributed by atoms with Gasteiger partial charge in [0.1, 0.15) is 12.0 Å². The smallest absolute Gasteiger partial charge is 0.257 e. The van der Waals surface area contributed by atoms with Gasteiger partial charge in [0.15, 0.2) is 11.6 Å². The molecule has 0 spiro atoms. The molecule has 1 amide bonds. The number of aromatic nitrogens is 1. The van der Waals surface area contributed by atoms with Crippen LogP contribution in [0.15, 0.2) is 41.3 Å². The lowest BCUT2D eigenvalue weighted by Gasteiger charge is -2.25. The number of hydrogen-bond acceptors (Lipinski definition) is 6. The van der Waals surface area contributed by atoms with Crippen molar-refractivity contribution in [3.8, 4) is 0 Å². The van der Waals surface area contributed by atoms with E-state index >= 15 is 0 Å². The van der Waals surface area contributed by atoms with Crippen LogP contribution in [-0.4, -0.2) is 60.0 Å². The molecule has 1 fully saturated rings. The average Bonchev–Trinajstić information content (AvgIpc) is 3.64. The number of carbonyl (C=O) groups is 1. The number of halogens is 3. The van der Waals surface area contributed by atoms with Gasteiger partial charge in [0.05, 0.1) is 16.9 Å². The number of benzene rings is 2. The summed E-state index contributed by atoms with van der Waals surface area (Å²) in [4.78, 5) is 35.3. The maximum Gasteiger partial charge on any atom is 0.257 e. The lowest BCUT2D eigenvalue weighted by molar-refractivity contribution is 0.0756. The molecular weight excluding hydrogens is 557 g/mol. The predicted molar refractivity (Wildman–Crippen MR) is 163 cm³/mol. The first-order chi connectivity index (χ1) is 20.7. The molecule has 3 N–H and O–H groups in total. The first-order valence-electron chi connectivity index (χ1n) is 15.0. The molecule has 8 nitrogen and oxygen atoms in total. The maximum absolute atomic E-state index is 14.1. The number of H-pyrrole nitrogens is 1. The molecule has 1 aromatic heterocycles. The van der Waals surface area contributed by atoms with Gasteiger partial charge in [-0.3, -0.25) is 14.5 Å². The van der Waals surface area contributed by atoms with Gasteiger partial charge in [0, 0.05) is 62.8 Å². The minimum atomic E-state index is -1.24. The van der Waals surface area contributed by atoms with Gasteiger partial charge in [-0.05, 0) is 68.1 Å². The molecule has 11 heteroatoms. The zero-order valence-corrected chi connectivity index (χ0v) is 25.1. The van der Waals surface area contributed by atoms with Crippen molar-refractivity contribution in [2.45, 2.75) is 58.8 Å². The number of nitrogens with one attached hydrogen (secondary N) is 3. The summed E-state index contributed by atoms with van der Waals surface area (Å²) in [6, 6.07) is 7.61. The van der Waals surface area contributed by atoms with Gasteiger partial charge in [-0.2, -0.15) is 0 Å². The summed E-state index contributed by atoms with van der Waals surface area (Å²) in [7, 11) is 1.85. The number of fused-ring (bicyclic) bond motifs is 2. The van der Waals surface area contributed by atoms with Crippen LogP contribution in [0.25, 0.3) is 0 Å². The summed E-state index contributed by atoms with van der Waals surface area (Å²) in [5, 5.41) is 6.55. The van der Waals surface area contributed by atoms with Crippen molar-refractivity contribution < 1.29 is 18.0 Å². The highest BCUT2D eigenvalue weighted by molar-refractivity contribution is 6.01. The van der Waals surface area contributed by atoms with E-state index in [0.29, 0.717) is 42.0 Å². The van der Waals surface area contributed by atoms with Crippen LogP contribution >= 0.6 is 0 Å². The maximum atomic E-state index is 14.1. The zero-order chi connectivity index (χ0) is 30.8. The van der Waals surface area contributed by atoms with Crippen molar-refractivity contribution in [2.75, 3.05) is 48.8 Å². The summed E-state index contributed by atoms with van der Waals surface area (Å²) in [5.41, 5.74) is 3.77. The van der Waals surface area contributed by atoms with Crippen LogP contribution < -0.4 is 21.1 Å². The fourth-order valence-corrected chi connectivity index (χ4v) is 6.26. The Morgan fingerprint density at radius 1 is 1.07 bits per heavy atom. The molecule has 0 saturated carbocycles. The van der Waals surface area contributed by atoms with Crippen LogP contribution in [0.2, 0.25) is 0 Å². The Morgan fingerprint density at radius 3 is 2.60 bits per heavy atom. The van der Waals surface area contributed by atoms with Crippen molar-refractivity contribution >= 4 is 23.0 Å². The van der Waals surface area contributed by atoms with E-state index in [1.165, 1.54) is 19.0 Å². The number of carbonyl (C=O) groups excluding carboxylic acids is 1. The van der Waals surface area contributed by atoms with E-state index in [0.717, 1.165) is 36.1 Å². The van der Waals surface area contributed by atoms with Crippen LogP contribution in [0.4, 0.5) is 30.2 Å². The number of rotatable bonds is 8. The number of hydrogen-bond donors (Lipinski definition) is 3. The van der Waals surface area contributed by atoms with Crippen molar-refractivity contribution in [1.82, 2.24) is 14.8 Å². The minimum absolute atomic E-state index is 0.0168. The topological polar surface area (TPSA) is 83.7 Å². The van der Waals surface area contributed by atoms with Gasteiger partial charge in [0.25, 0.3) is 11.5 Å². The summed E-state index contributed by atoms with van der Waals surface area (Å²) in [6.07, 6.45) is 3.39. The van der Waals surface area contributed by atoms with E-state index in [-0.39, 0.29) is 30.0 Å². The van der Waals surface area contributed by atoms with Crippen molar-refractivity contribution in [2.24, 2.45) is 0 Å². The third kappa shape index (κ3) is 5.95. The normalized spacial score (nSPS) is 19.2. The van der Waals surface area contributed by atoms with Gasteiger partial charge in [-0.15, -0.1) is 0 Å². The number of anilines is 3. The van der Waals surface area contributed by atoms with Gasteiger partial charge in [-0.25, -0.2) is 13.2 Å². The van der Waals surface area contributed by atoms with Crippen LogP contribution in [-0.2, 0) is 13.0 Å². The molecule has 1 saturated heterocycles. The summed E-state index contributed by atoms with van der Waals surface area (Å²) in [5.74, 6) is -3.15. The van der Waals surface area contributed by atoms with Crippen LogP contribution in [0.3, 0.4) is 0 Å². The standard InChI is InChI=1S/C30H33F3N6O2.C2H6/c1-17-4-3-9-38(17)10-11-39-16-19-13-24-25(15-21(19)30(39)41)37(2)28(36-24)26-23(6-8-35-29(26)40)34-7-5-18-12-20(31)14-22(32)27(18)33;1-2/h6,8,12-15,17,28,36H,3-5,7,9-11,16H2,1-2H3,(H2,34,35,40);1-2H3. The highest BCUT2D eigenvalue weighted by atomic mass is 19.2. The molecule has 6 rings (SSSR count). The molecule has 2 atom stereocenters. The molecule has 2 unspecified atom stereocenters. The van der Waals surface area contributed by atoms with Gasteiger partial charge in [-0.1, -0.05) is 13.8 Å². The summed E-state index contributed by atoms with van der Waals surface area (Å²) in [6.45, 7) is 9.57. The lowest BCUT2D eigenvalue weighted by atomic mass is 10.1. The Hall–Kier alpha value is -3.99. The molecule has 0 bridgehead atoms. The number of likely N-dealkylation sites (tertiary alicyclic amines) is 1. The lowest BCUT2D eigenvalue weighted by Crippen LogP contribution is -2.36. The molecular formula is C32H39F3N6O2. The van der Waals surface area contributed by atoms with Crippen LogP contribution in [0.5, 0.6) is 0 Å². The summed E-state index contributed by atoms with van der Waals surface area (Å²) >= 11 is 0. The van der Waals surface area contributed by atoms with E-state index in [9.17, 15) is 22.8 Å².